The number of benzene rings is 2. The number of anilines is 2. The first kappa shape index (κ1) is 14.9. The molecule has 0 aliphatic carbocycles. The van der Waals surface area contributed by atoms with Gasteiger partial charge in [0.15, 0.2) is 6.10 Å². The van der Waals surface area contributed by atoms with Crippen molar-refractivity contribution >= 4 is 17.3 Å². The van der Waals surface area contributed by atoms with Crippen molar-refractivity contribution in [3.63, 3.8) is 0 Å². The van der Waals surface area contributed by atoms with Crippen LogP contribution in [0.5, 0.6) is 5.75 Å². The third-order valence-corrected chi connectivity index (χ3v) is 3.17. The van der Waals surface area contributed by atoms with Crippen molar-refractivity contribution < 1.29 is 9.53 Å². The molecule has 4 heteroatoms. The van der Waals surface area contributed by atoms with Gasteiger partial charge in [-0.2, -0.15) is 0 Å². The first-order valence-corrected chi connectivity index (χ1v) is 7.00. The Bertz CT molecular complexity index is 608. The molecule has 0 radical (unpaired) electrons. The molecule has 1 amide bonds. The molecule has 2 aromatic rings. The molecule has 0 saturated carbocycles. The summed E-state index contributed by atoms with van der Waals surface area (Å²) in [5.41, 5.74) is 8.28. The number of rotatable bonds is 5. The van der Waals surface area contributed by atoms with Crippen molar-refractivity contribution in [1.82, 2.24) is 0 Å². The minimum atomic E-state index is -0.599. The average Bonchev–Trinajstić information content (AvgIpc) is 2.48. The smallest absolute Gasteiger partial charge is 0.265 e. The Morgan fingerprint density at radius 1 is 1.24 bits per heavy atom. The largest absolute Gasteiger partial charge is 0.481 e. The van der Waals surface area contributed by atoms with E-state index in [-0.39, 0.29) is 5.91 Å². The van der Waals surface area contributed by atoms with E-state index < -0.39 is 6.10 Å². The molecular formula is C17H20N2O2. The molecule has 0 fully saturated rings. The molecule has 21 heavy (non-hydrogen) atoms. The number of ether oxygens (including phenoxy) is 1. The molecule has 110 valence electrons. The highest BCUT2D eigenvalue weighted by Crippen LogP contribution is 2.17. The van der Waals surface area contributed by atoms with Crippen molar-refractivity contribution in [3.8, 4) is 5.75 Å². The van der Waals surface area contributed by atoms with E-state index in [1.807, 2.05) is 24.3 Å². The SMILES string of the molecule is CCc1ccc(NC(=O)C(C)Oc2cccc(N)c2)cc1. The molecule has 0 saturated heterocycles. The van der Waals surface area contributed by atoms with E-state index in [0.717, 1.165) is 12.1 Å². The summed E-state index contributed by atoms with van der Waals surface area (Å²) in [6, 6.07) is 14.8. The predicted octanol–water partition coefficient (Wildman–Crippen LogP) is 3.24. The Hall–Kier alpha value is -2.49. The van der Waals surface area contributed by atoms with Crippen molar-refractivity contribution in [2.45, 2.75) is 26.4 Å². The maximum absolute atomic E-state index is 12.1. The normalized spacial score (nSPS) is 11.7. The third-order valence-electron chi connectivity index (χ3n) is 3.17. The van der Waals surface area contributed by atoms with E-state index in [4.69, 9.17) is 10.5 Å². The van der Waals surface area contributed by atoms with Crippen LogP contribution in [0, 0.1) is 0 Å². The van der Waals surface area contributed by atoms with Crippen LogP contribution in [-0.2, 0) is 11.2 Å². The Morgan fingerprint density at radius 3 is 2.57 bits per heavy atom. The minimum Gasteiger partial charge on any atom is -0.481 e. The van der Waals surface area contributed by atoms with Gasteiger partial charge in [0.1, 0.15) is 5.75 Å². The van der Waals surface area contributed by atoms with E-state index in [1.165, 1.54) is 5.56 Å². The van der Waals surface area contributed by atoms with Gasteiger partial charge >= 0.3 is 0 Å². The molecule has 0 bridgehead atoms. The number of amides is 1. The standard InChI is InChI=1S/C17H20N2O2/c1-3-13-7-9-15(10-8-13)19-17(20)12(2)21-16-6-4-5-14(18)11-16/h4-12H,3,18H2,1-2H3,(H,19,20). The number of aryl methyl sites for hydroxylation is 1. The van der Waals surface area contributed by atoms with Gasteiger partial charge in [0.05, 0.1) is 0 Å². The molecule has 1 atom stereocenters. The van der Waals surface area contributed by atoms with Crippen molar-refractivity contribution in [2.75, 3.05) is 11.1 Å². The number of hydrogen-bond donors (Lipinski definition) is 2. The highest BCUT2D eigenvalue weighted by molar-refractivity contribution is 5.94. The number of carbonyl (C=O) groups excluding carboxylic acids is 1. The number of carbonyl (C=O) groups is 1. The second-order valence-electron chi connectivity index (χ2n) is 4.87. The Labute approximate surface area is 124 Å². The number of nitrogens with two attached hydrogens (primary N) is 1. The van der Waals surface area contributed by atoms with Crippen LogP contribution in [0.15, 0.2) is 48.5 Å². The fourth-order valence-electron chi connectivity index (χ4n) is 1.91. The van der Waals surface area contributed by atoms with Gasteiger partial charge in [0, 0.05) is 17.4 Å². The summed E-state index contributed by atoms with van der Waals surface area (Å²) in [4.78, 5) is 12.1. The molecule has 0 aliphatic rings. The van der Waals surface area contributed by atoms with Crippen LogP contribution < -0.4 is 15.8 Å². The van der Waals surface area contributed by atoms with Crippen LogP contribution in [0.25, 0.3) is 0 Å². The topological polar surface area (TPSA) is 64.3 Å². The quantitative estimate of drug-likeness (QED) is 0.828. The monoisotopic (exact) mass is 284 g/mol. The lowest BCUT2D eigenvalue weighted by atomic mass is 10.1. The summed E-state index contributed by atoms with van der Waals surface area (Å²) in [7, 11) is 0. The van der Waals surface area contributed by atoms with E-state index in [0.29, 0.717) is 11.4 Å². The fourth-order valence-corrected chi connectivity index (χ4v) is 1.91. The van der Waals surface area contributed by atoms with Crippen LogP contribution in [-0.4, -0.2) is 12.0 Å². The minimum absolute atomic E-state index is 0.193. The highest BCUT2D eigenvalue weighted by Gasteiger charge is 2.14. The molecule has 2 aromatic carbocycles. The number of nitrogen functional groups attached to an aromatic ring is 1. The number of hydrogen-bond acceptors (Lipinski definition) is 3. The molecule has 2 rings (SSSR count). The lowest BCUT2D eigenvalue weighted by Crippen LogP contribution is -2.30. The molecular weight excluding hydrogens is 264 g/mol. The second kappa shape index (κ2) is 6.79. The Morgan fingerprint density at radius 2 is 1.95 bits per heavy atom. The summed E-state index contributed by atoms with van der Waals surface area (Å²) >= 11 is 0. The van der Waals surface area contributed by atoms with Crippen LogP contribution in [0.1, 0.15) is 19.4 Å². The molecule has 4 nitrogen and oxygen atoms in total. The molecule has 0 spiro atoms. The first-order valence-electron chi connectivity index (χ1n) is 7.00. The summed E-state index contributed by atoms with van der Waals surface area (Å²) in [5, 5.41) is 2.83. The van der Waals surface area contributed by atoms with Gasteiger partial charge < -0.3 is 15.8 Å². The Kier molecular flexibility index (Phi) is 4.82. The molecule has 0 aromatic heterocycles. The zero-order valence-electron chi connectivity index (χ0n) is 12.3. The van der Waals surface area contributed by atoms with Gasteiger partial charge in [-0.1, -0.05) is 25.1 Å². The molecule has 3 N–H and O–H groups in total. The maximum Gasteiger partial charge on any atom is 0.265 e. The lowest BCUT2D eigenvalue weighted by molar-refractivity contribution is -0.122. The van der Waals surface area contributed by atoms with Gasteiger partial charge in [0.25, 0.3) is 5.91 Å². The van der Waals surface area contributed by atoms with E-state index in [1.54, 1.807) is 31.2 Å². The molecule has 0 heterocycles. The van der Waals surface area contributed by atoms with Crippen molar-refractivity contribution in [1.29, 1.82) is 0 Å². The third kappa shape index (κ3) is 4.24. The van der Waals surface area contributed by atoms with E-state index >= 15 is 0 Å². The van der Waals surface area contributed by atoms with Crippen molar-refractivity contribution in [3.05, 3.63) is 54.1 Å². The zero-order chi connectivity index (χ0) is 15.2. The van der Waals surface area contributed by atoms with Gasteiger partial charge in [-0.15, -0.1) is 0 Å². The van der Waals surface area contributed by atoms with Gasteiger partial charge in [-0.05, 0) is 43.2 Å². The van der Waals surface area contributed by atoms with Crippen LogP contribution >= 0.6 is 0 Å². The molecule has 1 unspecified atom stereocenters. The summed E-state index contributed by atoms with van der Waals surface area (Å²) in [6.07, 6.45) is 0.376. The predicted molar refractivity (Wildman–Crippen MR) is 85.4 cm³/mol. The summed E-state index contributed by atoms with van der Waals surface area (Å²) < 4.78 is 5.58. The van der Waals surface area contributed by atoms with E-state index in [2.05, 4.69) is 12.2 Å². The van der Waals surface area contributed by atoms with Gasteiger partial charge in [-0.3, -0.25) is 4.79 Å². The highest BCUT2D eigenvalue weighted by atomic mass is 16.5. The average molecular weight is 284 g/mol. The van der Waals surface area contributed by atoms with Crippen LogP contribution in [0.4, 0.5) is 11.4 Å². The first-order chi connectivity index (χ1) is 10.1. The lowest BCUT2D eigenvalue weighted by Gasteiger charge is -2.15. The van der Waals surface area contributed by atoms with Crippen LogP contribution in [0.2, 0.25) is 0 Å². The van der Waals surface area contributed by atoms with Gasteiger partial charge in [0.2, 0.25) is 0 Å². The van der Waals surface area contributed by atoms with E-state index in [9.17, 15) is 4.79 Å². The summed E-state index contributed by atoms with van der Waals surface area (Å²) in [5.74, 6) is 0.389. The Balaban J connectivity index is 1.95. The zero-order valence-corrected chi connectivity index (χ0v) is 12.3. The number of nitrogens with one attached hydrogen (secondary N) is 1. The molecule has 0 aliphatic heterocycles. The second-order valence-corrected chi connectivity index (χ2v) is 4.87. The fraction of sp³-hybridized carbons (Fsp3) is 0.235. The van der Waals surface area contributed by atoms with Crippen LogP contribution in [0.3, 0.4) is 0 Å². The maximum atomic E-state index is 12.1. The van der Waals surface area contributed by atoms with Crippen molar-refractivity contribution in [2.24, 2.45) is 0 Å². The van der Waals surface area contributed by atoms with Gasteiger partial charge in [-0.25, -0.2) is 0 Å². The summed E-state index contributed by atoms with van der Waals surface area (Å²) in [6.45, 7) is 3.80.